The van der Waals surface area contributed by atoms with Crippen molar-refractivity contribution in [2.24, 2.45) is 0 Å². The van der Waals surface area contributed by atoms with E-state index in [0.29, 0.717) is 17.3 Å². The standard InChI is InChI=1S/C18H12Cl2F3N3O2/c1-8-5-25-17(20)15(23)16(8)26-9(2)3-13(14(19)18(26)27)28-7-12-11(22)4-10(21)6-24-12/h3-6H,7H2,1-2H3. The topological polar surface area (TPSA) is 57.0 Å². The average molecular weight is 430 g/mol. The number of rotatable bonds is 4. The summed E-state index contributed by atoms with van der Waals surface area (Å²) < 4.78 is 47.5. The van der Waals surface area contributed by atoms with Crippen LogP contribution in [0, 0.1) is 31.3 Å². The highest BCUT2D eigenvalue weighted by atomic mass is 35.5. The highest BCUT2D eigenvalue weighted by molar-refractivity contribution is 6.32. The fourth-order valence-corrected chi connectivity index (χ4v) is 2.91. The molecule has 3 heterocycles. The molecule has 0 saturated heterocycles. The van der Waals surface area contributed by atoms with Crippen molar-refractivity contribution < 1.29 is 17.9 Å². The molecule has 0 spiro atoms. The van der Waals surface area contributed by atoms with Crippen LogP contribution in [0.15, 0.2) is 29.3 Å². The fraction of sp³-hybridized carbons (Fsp3) is 0.167. The molecule has 0 saturated carbocycles. The Morgan fingerprint density at radius 2 is 1.82 bits per heavy atom. The van der Waals surface area contributed by atoms with Crippen LogP contribution in [0.4, 0.5) is 13.2 Å². The summed E-state index contributed by atoms with van der Waals surface area (Å²) in [4.78, 5) is 20.0. The van der Waals surface area contributed by atoms with Gasteiger partial charge in [-0.3, -0.25) is 14.3 Å². The fourth-order valence-electron chi connectivity index (χ4n) is 2.58. The Balaban J connectivity index is 2.02. The van der Waals surface area contributed by atoms with Gasteiger partial charge in [-0.05, 0) is 19.4 Å². The monoisotopic (exact) mass is 429 g/mol. The SMILES string of the molecule is Cc1cnc(Cl)c(F)c1-n1c(C)cc(OCc2ncc(F)cc2F)c(Cl)c1=O. The van der Waals surface area contributed by atoms with Crippen molar-refractivity contribution in [2.45, 2.75) is 20.5 Å². The Kier molecular flexibility index (Phi) is 5.62. The van der Waals surface area contributed by atoms with E-state index in [1.54, 1.807) is 6.92 Å². The Bertz CT molecular complexity index is 1140. The van der Waals surface area contributed by atoms with E-state index in [1.165, 1.54) is 19.2 Å². The van der Waals surface area contributed by atoms with Crippen LogP contribution >= 0.6 is 23.2 Å². The van der Waals surface area contributed by atoms with Crippen LogP contribution in [-0.2, 0) is 6.61 Å². The first kappa shape index (κ1) is 20.2. The maximum Gasteiger partial charge on any atom is 0.278 e. The highest BCUT2D eigenvalue weighted by Gasteiger charge is 2.20. The van der Waals surface area contributed by atoms with Gasteiger partial charge in [0.2, 0.25) is 0 Å². The van der Waals surface area contributed by atoms with Crippen LogP contribution < -0.4 is 10.3 Å². The van der Waals surface area contributed by atoms with Gasteiger partial charge in [-0.1, -0.05) is 23.2 Å². The van der Waals surface area contributed by atoms with Crippen molar-refractivity contribution in [1.29, 1.82) is 0 Å². The summed E-state index contributed by atoms with van der Waals surface area (Å²) in [6.07, 6.45) is 2.17. The minimum Gasteiger partial charge on any atom is -0.485 e. The van der Waals surface area contributed by atoms with Crippen molar-refractivity contribution in [3.8, 4) is 11.4 Å². The number of nitrogens with zero attached hydrogens (tertiary/aromatic N) is 3. The molecule has 0 atom stereocenters. The minimum absolute atomic E-state index is 0.0517. The van der Waals surface area contributed by atoms with Crippen molar-refractivity contribution in [2.75, 3.05) is 0 Å². The van der Waals surface area contributed by atoms with Gasteiger partial charge in [0.15, 0.2) is 16.8 Å². The zero-order chi connectivity index (χ0) is 20.6. The number of aromatic nitrogens is 3. The lowest BCUT2D eigenvalue weighted by atomic mass is 10.2. The van der Waals surface area contributed by atoms with E-state index in [0.717, 1.165) is 10.8 Å². The summed E-state index contributed by atoms with van der Waals surface area (Å²) in [5, 5.41) is -0.735. The number of halogens is 5. The van der Waals surface area contributed by atoms with E-state index in [4.69, 9.17) is 27.9 Å². The van der Waals surface area contributed by atoms with Crippen LogP contribution in [0.3, 0.4) is 0 Å². The second kappa shape index (κ2) is 7.81. The van der Waals surface area contributed by atoms with Gasteiger partial charge in [0.05, 0.1) is 11.9 Å². The molecule has 3 aromatic rings. The second-order valence-corrected chi connectivity index (χ2v) is 6.61. The minimum atomic E-state index is -0.898. The number of hydrogen-bond acceptors (Lipinski definition) is 4. The van der Waals surface area contributed by atoms with Crippen LogP contribution in [0.25, 0.3) is 5.69 Å². The molecule has 0 unspecified atom stereocenters. The molecule has 3 rings (SSSR count). The van der Waals surface area contributed by atoms with Crippen LogP contribution in [0.2, 0.25) is 10.2 Å². The molecule has 146 valence electrons. The number of pyridine rings is 3. The normalized spacial score (nSPS) is 11.0. The van der Waals surface area contributed by atoms with Gasteiger partial charge >= 0.3 is 0 Å². The maximum absolute atomic E-state index is 14.5. The Morgan fingerprint density at radius 3 is 2.50 bits per heavy atom. The number of hydrogen-bond donors (Lipinski definition) is 0. The maximum atomic E-state index is 14.5. The van der Waals surface area contributed by atoms with Gasteiger partial charge in [0.1, 0.15) is 28.9 Å². The first-order valence-corrected chi connectivity index (χ1v) is 8.62. The molecule has 28 heavy (non-hydrogen) atoms. The lowest BCUT2D eigenvalue weighted by Gasteiger charge is -2.16. The molecule has 0 radical (unpaired) electrons. The van der Waals surface area contributed by atoms with Crippen LogP contribution in [0.1, 0.15) is 17.0 Å². The summed E-state index contributed by atoms with van der Waals surface area (Å²) in [5.41, 5.74) is -0.339. The molecule has 10 heteroatoms. The molecule has 0 amide bonds. The molecule has 0 aliphatic rings. The summed E-state index contributed by atoms with van der Waals surface area (Å²) >= 11 is 11.8. The lowest BCUT2D eigenvalue weighted by Crippen LogP contribution is -2.24. The third-order valence-electron chi connectivity index (χ3n) is 3.91. The molecule has 5 nitrogen and oxygen atoms in total. The van der Waals surface area contributed by atoms with Crippen molar-refractivity contribution in [1.82, 2.24) is 14.5 Å². The van der Waals surface area contributed by atoms with E-state index in [-0.39, 0.29) is 33.9 Å². The molecule has 0 fully saturated rings. The zero-order valence-corrected chi connectivity index (χ0v) is 16.1. The predicted molar refractivity (Wildman–Crippen MR) is 97.8 cm³/mol. The molecule has 0 aliphatic heterocycles. The third kappa shape index (κ3) is 3.70. The van der Waals surface area contributed by atoms with E-state index < -0.39 is 23.0 Å². The Morgan fingerprint density at radius 1 is 1.11 bits per heavy atom. The smallest absolute Gasteiger partial charge is 0.278 e. The molecular weight excluding hydrogens is 418 g/mol. The quantitative estimate of drug-likeness (QED) is 0.571. The summed E-state index contributed by atoms with van der Waals surface area (Å²) in [6, 6.07) is 2.05. The number of ether oxygens (including phenoxy) is 1. The summed E-state index contributed by atoms with van der Waals surface area (Å²) in [7, 11) is 0. The lowest BCUT2D eigenvalue weighted by molar-refractivity contribution is 0.292. The van der Waals surface area contributed by atoms with Crippen molar-refractivity contribution in [3.05, 3.63) is 79.5 Å². The third-order valence-corrected chi connectivity index (χ3v) is 4.52. The van der Waals surface area contributed by atoms with Gasteiger partial charge in [-0.15, -0.1) is 0 Å². The van der Waals surface area contributed by atoms with E-state index in [9.17, 15) is 18.0 Å². The molecule has 0 N–H and O–H groups in total. The largest absolute Gasteiger partial charge is 0.485 e. The molecule has 0 aromatic carbocycles. The van der Waals surface area contributed by atoms with Gasteiger partial charge in [-0.2, -0.15) is 0 Å². The first-order chi connectivity index (χ1) is 13.2. The van der Waals surface area contributed by atoms with E-state index in [1.807, 2.05) is 0 Å². The average Bonchev–Trinajstić information content (AvgIpc) is 2.64. The first-order valence-electron chi connectivity index (χ1n) is 7.86. The molecule has 3 aromatic heterocycles. The van der Waals surface area contributed by atoms with E-state index in [2.05, 4.69) is 9.97 Å². The number of aryl methyl sites for hydroxylation is 2. The highest BCUT2D eigenvalue weighted by Crippen LogP contribution is 2.28. The van der Waals surface area contributed by atoms with Crippen molar-refractivity contribution >= 4 is 23.2 Å². The van der Waals surface area contributed by atoms with Gasteiger partial charge in [-0.25, -0.2) is 18.2 Å². The second-order valence-electron chi connectivity index (χ2n) is 5.87. The van der Waals surface area contributed by atoms with E-state index >= 15 is 0 Å². The Hall–Kier alpha value is -2.58. The summed E-state index contributed by atoms with van der Waals surface area (Å²) in [6.45, 7) is 2.71. The van der Waals surface area contributed by atoms with Crippen molar-refractivity contribution in [3.63, 3.8) is 0 Å². The van der Waals surface area contributed by atoms with Gasteiger partial charge in [0.25, 0.3) is 5.56 Å². The Labute approximate surface area is 167 Å². The molecule has 0 bridgehead atoms. The molecular formula is C18H12Cl2F3N3O2. The summed E-state index contributed by atoms with van der Waals surface area (Å²) in [5.74, 6) is -2.64. The van der Waals surface area contributed by atoms with Crippen LogP contribution in [0.5, 0.6) is 5.75 Å². The molecule has 0 aliphatic carbocycles. The predicted octanol–water partition coefficient (Wildman–Crippen LogP) is 4.55. The van der Waals surface area contributed by atoms with Gasteiger partial charge < -0.3 is 4.74 Å². The zero-order valence-electron chi connectivity index (χ0n) is 14.6. The van der Waals surface area contributed by atoms with Gasteiger partial charge in [0, 0.05) is 24.0 Å². The van der Waals surface area contributed by atoms with Crippen LogP contribution in [-0.4, -0.2) is 14.5 Å².